The summed E-state index contributed by atoms with van der Waals surface area (Å²) in [6.45, 7) is 7.55. The van der Waals surface area contributed by atoms with Gasteiger partial charge in [-0.3, -0.25) is 0 Å². The molecule has 0 unspecified atom stereocenters. The van der Waals surface area contributed by atoms with E-state index in [1.165, 1.54) is 0 Å². The van der Waals surface area contributed by atoms with Gasteiger partial charge in [-0.2, -0.15) is 0 Å². The van der Waals surface area contributed by atoms with Crippen molar-refractivity contribution in [1.82, 2.24) is 0 Å². The van der Waals surface area contributed by atoms with E-state index in [1.54, 1.807) is 0 Å². The fraction of sp³-hybridized carbons (Fsp3) is 1.00. The van der Waals surface area contributed by atoms with Gasteiger partial charge in [-0.05, 0) is 13.8 Å². The molecule has 3 N–H and O–H groups in total. The van der Waals surface area contributed by atoms with Crippen molar-refractivity contribution in [2.24, 2.45) is 0 Å². The second kappa shape index (κ2) is 29.7. The van der Waals surface area contributed by atoms with Gasteiger partial charge in [-0.1, -0.05) is 0 Å². The SMILES string of the molecule is CCOCCO.CCOCCOCCO.CO. The molecule has 0 aromatic rings. The molecule has 0 bridgehead atoms. The first kappa shape index (κ1) is 22.0. The van der Waals surface area contributed by atoms with E-state index in [0.717, 1.165) is 13.7 Å². The first-order chi connectivity index (χ1) is 8.33. The molecular formula is C11H28O6. The van der Waals surface area contributed by atoms with Gasteiger partial charge in [-0.15, -0.1) is 0 Å². The Morgan fingerprint density at radius 3 is 1.35 bits per heavy atom. The van der Waals surface area contributed by atoms with Crippen LogP contribution < -0.4 is 0 Å². The summed E-state index contributed by atoms with van der Waals surface area (Å²) in [5.74, 6) is 0. The van der Waals surface area contributed by atoms with Gasteiger partial charge < -0.3 is 29.5 Å². The Labute approximate surface area is 104 Å². The summed E-state index contributed by atoms with van der Waals surface area (Å²) in [4.78, 5) is 0. The molecule has 0 radical (unpaired) electrons. The van der Waals surface area contributed by atoms with Gasteiger partial charge in [0.15, 0.2) is 0 Å². The van der Waals surface area contributed by atoms with Crippen LogP contribution in [-0.4, -0.2) is 75.3 Å². The van der Waals surface area contributed by atoms with Gasteiger partial charge in [0.25, 0.3) is 0 Å². The Morgan fingerprint density at radius 2 is 1.00 bits per heavy atom. The zero-order chi connectivity index (χ0) is 13.8. The second-order valence-corrected chi connectivity index (χ2v) is 2.45. The molecule has 0 aliphatic heterocycles. The lowest BCUT2D eigenvalue weighted by Crippen LogP contribution is -2.06. The Hall–Kier alpha value is -0.240. The average Bonchev–Trinajstić information content (AvgIpc) is 2.39. The fourth-order valence-electron chi connectivity index (χ4n) is 0.638. The molecule has 0 saturated carbocycles. The van der Waals surface area contributed by atoms with Crippen LogP contribution in [0.5, 0.6) is 0 Å². The zero-order valence-corrected chi connectivity index (χ0v) is 11.2. The van der Waals surface area contributed by atoms with Crippen molar-refractivity contribution in [2.75, 3.05) is 60.0 Å². The van der Waals surface area contributed by atoms with Crippen molar-refractivity contribution in [3.05, 3.63) is 0 Å². The Morgan fingerprint density at radius 1 is 0.647 bits per heavy atom. The largest absolute Gasteiger partial charge is 0.400 e. The second-order valence-electron chi connectivity index (χ2n) is 2.45. The van der Waals surface area contributed by atoms with E-state index >= 15 is 0 Å². The predicted molar refractivity (Wildman–Crippen MR) is 66.1 cm³/mol. The molecule has 0 aromatic heterocycles. The molecular weight excluding hydrogens is 228 g/mol. The molecule has 0 rings (SSSR count). The summed E-state index contributed by atoms with van der Waals surface area (Å²) in [6.07, 6.45) is 0. The van der Waals surface area contributed by atoms with Crippen molar-refractivity contribution in [3.63, 3.8) is 0 Å². The molecule has 0 spiro atoms. The minimum atomic E-state index is 0.0894. The number of hydrogen-bond acceptors (Lipinski definition) is 6. The van der Waals surface area contributed by atoms with Crippen LogP contribution in [0, 0.1) is 0 Å². The third kappa shape index (κ3) is 38.9. The smallest absolute Gasteiger partial charge is 0.0701 e. The summed E-state index contributed by atoms with van der Waals surface area (Å²) in [5.41, 5.74) is 0. The van der Waals surface area contributed by atoms with Gasteiger partial charge in [0.1, 0.15) is 0 Å². The van der Waals surface area contributed by atoms with Gasteiger partial charge in [-0.25, -0.2) is 0 Å². The van der Waals surface area contributed by atoms with E-state index < -0.39 is 0 Å². The number of ether oxygens (including phenoxy) is 3. The lowest BCUT2D eigenvalue weighted by atomic mass is 10.7. The molecule has 0 aliphatic rings. The normalized spacial score (nSPS) is 8.82. The lowest BCUT2D eigenvalue weighted by molar-refractivity contribution is 0.0370. The van der Waals surface area contributed by atoms with Crippen LogP contribution in [-0.2, 0) is 14.2 Å². The van der Waals surface area contributed by atoms with Crippen molar-refractivity contribution >= 4 is 0 Å². The quantitative estimate of drug-likeness (QED) is 0.489. The maximum absolute atomic E-state index is 8.26. The number of hydrogen-bond donors (Lipinski definition) is 3. The van der Waals surface area contributed by atoms with E-state index in [9.17, 15) is 0 Å². The zero-order valence-electron chi connectivity index (χ0n) is 11.2. The summed E-state index contributed by atoms with van der Waals surface area (Å²) in [5, 5.41) is 23.3. The highest BCUT2D eigenvalue weighted by Gasteiger charge is 1.84. The highest BCUT2D eigenvalue weighted by Crippen LogP contribution is 1.76. The molecule has 0 atom stereocenters. The van der Waals surface area contributed by atoms with Crippen LogP contribution in [0.4, 0.5) is 0 Å². The molecule has 0 fully saturated rings. The van der Waals surface area contributed by atoms with Crippen molar-refractivity contribution in [3.8, 4) is 0 Å². The van der Waals surface area contributed by atoms with Gasteiger partial charge in [0.05, 0.1) is 39.6 Å². The maximum atomic E-state index is 8.26. The summed E-state index contributed by atoms with van der Waals surface area (Å²) in [7, 11) is 1.00. The molecule has 0 aliphatic carbocycles. The van der Waals surface area contributed by atoms with Crippen LogP contribution in [0.15, 0.2) is 0 Å². The molecule has 0 amide bonds. The van der Waals surface area contributed by atoms with Crippen molar-refractivity contribution < 1.29 is 29.5 Å². The number of rotatable bonds is 9. The van der Waals surface area contributed by atoms with E-state index in [-0.39, 0.29) is 13.2 Å². The molecule has 0 heterocycles. The summed E-state index contributed by atoms with van der Waals surface area (Å²) < 4.78 is 14.6. The Bertz CT molecular complexity index is 82.0. The third-order valence-electron chi connectivity index (χ3n) is 1.25. The van der Waals surface area contributed by atoms with Gasteiger partial charge in [0.2, 0.25) is 0 Å². The van der Waals surface area contributed by atoms with Gasteiger partial charge >= 0.3 is 0 Å². The van der Waals surface area contributed by atoms with Crippen LogP contribution >= 0.6 is 0 Å². The van der Waals surface area contributed by atoms with Crippen molar-refractivity contribution in [2.45, 2.75) is 13.8 Å². The van der Waals surface area contributed by atoms with Gasteiger partial charge in [0, 0.05) is 20.3 Å². The van der Waals surface area contributed by atoms with E-state index in [2.05, 4.69) is 0 Å². The predicted octanol–water partition coefficient (Wildman–Crippen LogP) is -0.344. The van der Waals surface area contributed by atoms with Crippen LogP contribution in [0.1, 0.15) is 13.8 Å². The molecule has 0 aromatic carbocycles. The highest BCUT2D eigenvalue weighted by atomic mass is 16.5. The highest BCUT2D eigenvalue weighted by molar-refractivity contribution is 4.28. The average molecular weight is 256 g/mol. The molecule has 108 valence electrons. The third-order valence-corrected chi connectivity index (χ3v) is 1.25. The molecule has 17 heavy (non-hydrogen) atoms. The van der Waals surface area contributed by atoms with E-state index in [0.29, 0.717) is 33.0 Å². The Balaban J connectivity index is -0.000000213. The van der Waals surface area contributed by atoms with Crippen LogP contribution in [0.25, 0.3) is 0 Å². The van der Waals surface area contributed by atoms with E-state index in [4.69, 9.17) is 29.5 Å². The van der Waals surface area contributed by atoms with Crippen molar-refractivity contribution in [1.29, 1.82) is 0 Å². The number of aliphatic hydroxyl groups excluding tert-OH is 3. The van der Waals surface area contributed by atoms with Crippen LogP contribution in [0.3, 0.4) is 0 Å². The first-order valence-corrected chi connectivity index (χ1v) is 5.73. The minimum absolute atomic E-state index is 0.0894. The van der Waals surface area contributed by atoms with E-state index in [1.807, 2.05) is 13.8 Å². The molecule has 0 saturated heterocycles. The minimum Gasteiger partial charge on any atom is -0.400 e. The molecule has 6 nitrogen and oxygen atoms in total. The topological polar surface area (TPSA) is 88.4 Å². The first-order valence-electron chi connectivity index (χ1n) is 5.73. The standard InChI is InChI=1S/C6H14O3.C4H10O2.CH4O/c1-2-8-5-6-9-4-3-7;1-2-6-4-3-5;1-2/h7H,2-6H2,1H3;5H,2-4H2,1H3;2H,1H3. The summed E-state index contributed by atoms with van der Waals surface area (Å²) in [6, 6.07) is 0. The lowest BCUT2D eigenvalue weighted by Gasteiger charge is -2.00. The maximum Gasteiger partial charge on any atom is 0.0701 e. The fourth-order valence-corrected chi connectivity index (χ4v) is 0.638. The summed E-state index contributed by atoms with van der Waals surface area (Å²) >= 11 is 0. The monoisotopic (exact) mass is 256 g/mol. The Kier molecular flexibility index (Phi) is 38.4. The number of aliphatic hydroxyl groups is 3. The molecule has 6 heteroatoms. The van der Waals surface area contributed by atoms with Crippen LogP contribution in [0.2, 0.25) is 0 Å².